The van der Waals surface area contributed by atoms with E-state index in [4.69, 9.17) is 4.74 Å². The minimum absolute atomic E-state index is 0.570. The van der Waals surface area contributed by atoms with Crippen molar-refractivity contribution < 1.29 is 4.74 Å². The zero-order valence-corrected chi connectivity index (χ0v) is 11.7. The average molecular weight is 259 g/mol. The van der Waals surface area contributed by atoms with Crippen LogP contribution in [0.3, 0.4) is 0 Å². The fourth-order valence-corrected chi connectivity index (χ4v) is 2.68. The van der Waals surface area contributed by atoms with Crippen LogP contribution in [0.15, 0.2) is 36.9 Å². The monoisotopic (exact) mass is 259 g/mol. The fraction of sp³-hybridized carbons (Fsp3) is 0.529. The van der Waals surface area contributed by atoms with Gasteiger partial charge in [0.05, 0.1) is 0 Å². The molecule has 2 rings (SSSR count). The number of benzene rings is 1. The highest BCUT2D eigenvalue weighted by Gasteiger charge is 2.12. The van der Waals surface area contributed by atoms with Crippen LogP contribution in [0.4, 0.5) is 0 Å². The van der Waals surface area contributed by atoms with Gasteiger partial charge in [0.1, 0.15) is 12.4 Å². The summed E-state index contributed by atoms with van der Waals surface area (Å²) in [5.41, 5.74) is 1.24. The van der Waals surface area contributed by atoms with Gasteiger partial charge in [0.25, 0.3) is 0 Å². The van der Waals surface area contributed by atoms with Crippen LogP contribution in [0.25, 0.3) is 0 Å². The molecule has 0 bridgehead atoms. The summed E-state index contributed by atoms with van der Waals surface area (Å²) < 4.78 is 5.69. The molecule has 1 saturated carbocycles. The highest BCUT2D eigenvalue weighted by Crippen LogP contribution is 2.20. The Labute approximate surface area is 116 Å². The fourth-order valence-electron chi connectivity index (χ4n) is 2.68. The molecular weight excluding hydrogens is 234 g/mol. The molecule has 0 heterocycles. The molecule has 0 atom stereocenters. The lowest BCUT2D eigenvalue weighted by Gasteiger charge is -2.17. The van der Waals surface area contributed by atoms with Gasteiger partial charge in [0, 0.05) is 18.2 Å². The van der Waals surface area contributed by atoms with Gasteiger partial charge >= 0.3 is 0 Å². The maximum Gasteiger partial charge on any atom is 0.124 e. The average Bonchev–Trinajstić information content (AvgIpc) is 2.72. The first kappa shape index (κ1) is 14.1. The van der Waals surface area contributed by atoms with Gasteiger partial charge in [-0.3, -0.25) is 0 Å². The van der Waals surface area contributed by atoms with Gasteiger partial charge in [-0.2, -0.15) is 0 Å². The van der Waals surface area contributed by atoms with Gasteiger partial charge in [-0.25, -0.2) is 0 Å². The molecule has 0 aromatic heterocycles. The first-order valence-corrected chi connectivity index (χ1v) is 7.45. The molecule has 1 aliphatic rings. The van der Waals surface area contributed by atoms with Crippen LogP contribution in [0.1, 0.15) is 44.1 Å². The molecule has 0 aliphatic heterocycles. The van der Waals surface area contributed by atoms with E-state index in [1.54, 1.807) is 6.08 Å². The minimum atomic E-state index is 0.570. The summed E-state index contributed by atoms with van der Waals surface area (Å²) >= 11 is 0. The van der Waals surface area contributed by atoms with Crippen LogP contribution < -0.4 is 10.1 Å². The first-order valence-electron chi connectivity index (χ1n) is 7.45. The lowest BCUT2D eigenvalue weighted by atomic mass is 10.1. The van der Waals surface area contributed by atoms with Crippen LogP contribution >= 0.6 is 0 Å². The van der Waals surface area contributed by atoms with E-state index in [-0.39, 0.29) is 0 Å². The third kappa shape index (κ3) is 4.71. The number of hydrogen-bond donors (Lipinski definition) is 1. The van der Waals surface area contributed by atoms with E-state index >= 15 is 0 Å². The van der Waals surface area contributed by atoms with Crippen molar-refractivity contribution in [2.45, 2.75) is 51.1 Å². The third-order valence-electron chi connectivity index (χ3n) is 3.77. The zero-order valence-electron chi connectivity index (χ0n) is 11.7. The number of para-hydroxylation sites is 1. The molecule has 1 fully saturated rings. The molecule has 0 saturated heterocycles. The van der Waals surface area contributed by atoms with Gasteiger partial charge in [0.15, 0.2) is 0 Å². The molecular formula is C17H25NO. The summed E-state index contributed by atoms with van der Waals surface area (Å²) in [6, 6.07) is 8.95. The quantitative estimate of drug-likeness (QED) is 0.614. The predicted octanol–water partition coefficient (Wildman–Crippen LogP) is 4.06. The lowest BCUT2D eigenvalue weighted by Crippen LogP contribution is -2.28. The van der Waals surface area contributed by atoms with E-state index in [2.05, 4.69) is 24.0 Å². The van der Waals surface area contributed by atoms with E-state index in [1.807, 2.05) is 12.1 Å². The molecule has 1 N–H and O–H groups in total. The summed E-state index contributed by atoms with van der Waals surface area (Å²) in [7, 11) is 0. The number of ether oxygens (including phenoxy) is 1. The van der Waals surface area contributed by atoms with Crippen molar-refractivity contribution in [2.75, 3.05) is 6.61 Å². The Morgan fingerprint density at radius 1 is 1.16 bits per heavy atom. The highest BCUT2D eigenvalue weighted by molar-refractivity contribution is 5.33. The van der Waals surface area contributed by atoms with Crippen molar-refractivity contribution in [3.63, 3.8) is 0 Å². The second-order valence-corrected chi connectivity index (χ2v) is 5.28. The van der Waals surface area contributed by atoms with Gasteiger partial charge in [-0.1, -0.05) is 56.5 Å². The summed E-state index contributed by atoms with van der Waals surface area (Å²) in [5.74, 6) is 0.975. The Morgan fingerprint density at radius 3 is 2.63 bits per heavy atom. The molecule has 1 aromatic rings. The zero-order chi connectivity index (χ0) is 13.3. The number of hydrogen-bond acceptors (Lipinski definition) is 2. The Hall–Kier alpha value is -1.28. The van der Waals surface area contributed by atoms with Gasteiger partial charge in [-0.05, 0) is 18.9 Å². The highest BCUT2D eigenvalue weighted by atomic mass is 16.5. The lowest BCUT2D eigenvalue weighted by molar-refractivity contribution is 0.355. The van der Waals surface area contributed by atoms with E-state index in [0.717, 1.165) is 12.3 Å². The van der Waals surface area contributed by atoms with E-state index in [9.17, 15) is 0 Å². The van der Waals surface area contributed by atoms with Crippen molar-refractivity contribution in [1.82, 2.24) is 5.32 Å². The minimum Gasteiger partial charge on any atom is -0.489 e. The number of nitrogens with one attached hydrogen (secondary N) is 1. The van der Waals surface area contributed by atoms with Crippen molar-refractivity contribution in [1.29, 1.82) is 0 Å². The molecule has 2 nitrogen and oxygen atoms in total. The van der Waals surface area contributed by atoms with Crippen LogP contribution in [0.2, 0.25) is 0 Å². The first-order chi connectivity index (χ1) is 9.40. The van der Waals surface area contributed by atoms with Crippen molar-refractivity contribution in [3.05, 3.63) is 42.5 Å². The van der Waals surface area contributed by atoms with Gasteiger partial charge in [-0.15, -0.1) is 0 Å². The summed E-state index contributed by atoms with van der Waals surface area (Å²) in [4.78, 5) is 0. The standard InChI is InChI=1S/C17H25NO/c1-2-13-19-17-12-8-7-9-15(17)14-18-16-10-5-3-4-6-11-16/h2,7-9,12,16,18H,1,3-6,10-11,13-14H2. The van der Waals surface area contributed by atoms with Gasteiger partial charge in [0.2, 0.25) is 0 Å². The second-order valence-electron chi connectivity index (χ2n) is 5.28. The second kappa shape index (κ2) is 8.00. The SMILES string of the molecule is C=CCOc1ccccc1CNC1CCCCCC1. The largest absolute Gasteiger partial charge is 0.489 e. The molecule has 0 amide bonds. The third-order valence-corrected chi connectivity index (χ3v) is 3.77. The molecule has 0 unspecified atom stereocenters. The molecule has 1 aliphatic carbocycles. The van der Waals surface area contributed by atoms with Gasteiger partial charge < -0.3 is 10.1 Å². The summed E-state index contributed by atoms with van der Waals surface area (Å²) in [5, 5.41) is 3.69. The number of rotatable bonds is 6. The summed E-state index contributed by atoms with van der Waals surface area (Å²) in [6.07, 6.45) is 9.95. The Bertz CT molecular complexity index is 381. The molecule has 19 heavy (non-hydrogen) atoms. The molecule has 0 radical (unpaired) electrons. The predicted molar refractivity (Wildman–Crippen MR) is 80.5 cm³/mol. The van der Waals surface area contributed by atoms with Crippen molar-refractivity contribution >= 4 is 0 Å². The van der Waals surface area contributed by atoms with Crippen molar-refractivity contribution in [2.24, 2.45) is 0 Å². The Balaban J connectivity index is 1.88. The summed E-state index contributed by atoms with van der Waals surface area (Å²) in [6.45, 7) is 5.17. The maximum atomic E-state index is 5.69. The molecule has 2 heteroatoms. The van der Waals surface area contributed by atoms with Crippen LogP contribution in [-0.2, 0) is 6.54 Å². The molecule has 1 aromatic carbocycles. The Kier molecular flexibility index (Phi) is 5.96. The maximum absolute atomic E-state index is 5.69. The smallest absolute Gasteiger partial charge is 0.124 e. The van der Waals surface area contributed by atoms with Crippen molar-refractivity contribution in [3.8, 4) is 5.75 Å². The normalized spacial score (nSPS) is 16.8. The van der Waals surface area contributed by atoms with Crippen LogP contribution in [0, 0.1) is 0 Å². The Morgan fingerprint density at radius 2 is 1.89 bits per heavy atom. The van der Waals surface area contributed by atoms with Crippen LogP contribution in [0.5, 0.6) is 5.75 Å². The van der Waals surface area contributed by atoms with E-state index < -0.39 is 0 Å². The van der Waals surface area contributed by atoms with Crippen LogP contribution in [-0.4, -0.2) is 12.6 Å². The van der Waals surface area contributed by atoms with E-state index in [0.29, 0.717) is 12.6 Å². The molecule has 0 spiro atoms. The molecule has 104 valence electrons. The van der Waals surface area contributed by atoms with E-state index in [1.165, 1.54) is 44.1 Å². The topological polar surface area (TPSA) is 21.3 Å².